The smallest absolute Gasteiger partial charge is 0.132 e. The van der Waals surface area contributed by atoms with Crippen molar-refractivity contribution in [1.29, 1.82) is 0 Å². The number of likely N-dealkylation sites (tertiary alicyclic amines) is 1. The van der Waals surface area contributed by atoms with E-state index in [2.05, 4.69) is 63.5 Å². The summed E-state index contributed by atoms with van der Waals surface area (Å²) < 4.78 is 0. The summed E-state index contributed by atoms with van der Waals surface area (Å²) in [6.45, 7) is 3.35. The molecule has 4 heteroatoms. The van der Waals surface area contributed by atoms with Crippen molar-refractivity contribution in [1.82, 2.24) is 15.2 Å². The number of piperidine rings is 1. The first-order chi connectivity index (χ1) is 11.8. The number of piperazine rings is 1. The number of aromatic nitrogens is 1. The second-order valence-corrected chi connectivity index (χ2v) is 7.10. The summed E-state index contributed by atoms with van der Waals surface area (Å²) in [5.74, 6) is 0.988. The van der Waals surface area contributed by atoms with Gasteiger partial charge in [0.25, 0.3) is 0 Å². The fourth-order valence-electron chi connectivity index (χ4n) is 3.98. The average Bonchev–Trinajstić information content (AvgIpc) is 2.62. The minimum atomic E-state index is 0.689. The van der Waals surface area contributed by atoms with Gasteiger partial charge in [0.05, 0.1) is 0 Å². The average molecular weight is 322 g/mol. The molecule has 2 aliphatic heterocycles. The van der Waals surface area contributed by atoms with Crippen LogP contribution in [0.4, 0.5) is 11.5 Å². The van der Waals surface area contributed by atoms with Crippen LogP contribution in [0.5, 0.6) is 0 Å². The number of para-hydroxylation sites is 1. The summed E-state index contributed by atoms with van der Waals surface area (Å²) in [5.41, 5.74) is 2.47. The van der Waals surface area contributed by atoms with Gasteiger partial charge in [-0.15, -0.1) is 0 Å². The zero-order valence-electron chi connectivity index (χ0n) is 14.4. The highest BCUT2D eigenvalue weighted by Crippen LogP contribution is 2.23. The molecule has 2 aliphatic rings. The van der Waals surface area contributed by atoms with Gasteiger partial charge in [-0.2, -0.15) is 0 Å². The van der Waals surface area contributed by atoms with E-state index in [1.54, 1.807) is 0 Å². The molecule has 0 saturated carbocycles. The fourth-order valence-corrected chi connectivity index (χ4v) is 3.98. The fraction of sp³-hybridized carbons (Fsp3) is 0.450. The van der Waals surface area contributed by atoms with Gasteiger partial charge in [0.1, 0.15) is 5.82 Å². The van der Waals surface area contributed by atoms with Crippen LogP contribution in [0, 0.1) is 0 Å². The minimum Gasteiger partial charge on any atom is -0.329 e. The number of fused-ring (bicyclic) bond motifs is 2. The first-order valence-corrected chi connectivity index (χ1v) is 9.00. The lowest BCUT2D eigenvalue weighted by molar-refractivity contribution is 0.119. The van der Waals surface area contributed by atoms with Gasteiger partial charge in [-0.05, 0) is 36.6 Å². The highest BCUT2D eigenvalue weighted by atomic mass is 15.2. The zero-order chi connectivity index (χ0) is 16.4. The number of hydrogen-bond acceptors (Lipinski definition) is 4. The Balaban J connectivity index is 1.41. The molecule has 0 amide bonds. The Labute approximate surface area is 144 Å². The molecule has 1 aromatic heterocycles. The van der Waals surface area contributed by atoms with Gasteiger partial charge in [-0.25, -0.2) is 4.98 Å². The molecule has 4 nitrogen and oxygen atoms in total. The van der Waals surface area contributed by atoms with Gasteiger partial charge in [-0.3, -0.25) is 4.90 Å². The molecule has 0 aliphatic carbocycles. The van der Waals surface area contributed by atoms with Gasteiger partial charge < -0.3 is 10.2 Å². The van der Waals surface area contributed by atoms with Gasteiger partial charge in [0.2, 0.25) is 0 Å². The van der Waals surface area contributed by atoms with Crippen LogP contribution >= 0.6 is 0 Å². The van der Waals surface area contributed by atoms with E-state index in [-0.39, 0.29) is 0 Å². The Morgan fingerprint density at radius 2 is 1.83 bits per heavy atom. The molecular weight excluding hydrogens is 296 g/mol. The largest absolute Gasteiger partial charge is 0.329 e. The quantitative estimate of drug-likeness (QED) is 0.937. The van der Waals surface area contributed by atoms with E-state index in [4.69, 9.17) is 0 Å². The van der Waals surface area contributed by atoms with Crippen molar-refractivity contribution in [3.63, 3.8) is 0 Å². The molecule has 2 aromatic rings. The van der Waals surface area contributed by atoms with Gasteiger partial charge in [0.15, 0.2) is 0 Å². The predicted molar refractivity (Wildman–Crippen MR) is 98.6 cm³/mol. The van der Waals surface area contributed by atoms with Crippen molar-refractivity contribution in [2.45, 2.75) is 37.9 Å². The summed E-state index contributed by atoms with van der Waals surface area (Å²) in [6.07, 6.45) is 6.07. The lowest BCUT2D eigenvalue weighted by Crippen LogP contribution is -2.58. The van der Waals surface area contributed by atoms with E-state index >= 15 is 0 Å². The summed E-state index contributed by atoms with van der Waals surface area (Å²) in [7, 11) is 2.06. The summed E-state index contributed by atoms with van der Waals surface area (Å²) >= 11 is 0. The Kier molecular flexibility index (Phi) is 4.50. The van der Waals surface area contributed by atoms with Gasteiger partial charge in [-0.1, -0.05) is 30.7 Å². The summed E-state index contributed by atoms with van der Waals surface area (Å²) in [5, 5.41) is 3.75. The van der Waals surface area contributed by atoms with E-state index in [1.807, 2.05) is 12.3 Å². The second-order valence-electron chi connectivity index (χ2n) is 7.10. The normalized spacial score (nSPS) is 23.9. The molecular formula is C20H26N4. The Morgan fingerprint density at radius 3 is 2.50 bits per heavy atom. The number of benzene rings is 1. The highest BCUT2D eigenvalue weighted by Gasteiger charge is 2.29. The van der Waals surface area contributed by atoms with Crippen molar-refractivity contribution in [3.8, 4) is 0 Å². The predicted octanol–water partition coefficient (Wildman–Crippen LogP) is 3.18. The topological polar surface area (TPSA) is 31.4 Å². The van der Waals surface area contributed by atoms with Crippen LogP contribution < -0.4 is 10.2 Å². The molecule has 2 saturated heterocycles. The first kappa shape index (κ1) is 15.6. The third kappa shape index (κ3) is 3.45. The molecule has 2 bridgehead atoms. The number of pyridine rings is 1. The number of nitrogens with one attached hydrogen (secondary N) is 1. The molecule has 2 atom stereocenters. The number of nitrogens with zero attached hydrogens (tertiary/aromatic N) is 3. The third-order valence-corrected chi connectivity index (χ3v) is 5.24. The monoisotopic (exact) mass is 322 g/mol. The lowest BCUT2D eigenvalue weighted by Gasteiger charge is -2.42. The molecule has 3 heterocycles. The van der Waals surface area contributed by atoms with Crippen LogP contribution in [0.25, 0.3) is 0 Å². The van der Waals surface area contributed by atoms with Crippen molar-refractivity contribution in [2.75, 3.05) is 25.0 Å². The number of anilines is 2. The maximum absolute atomic E-state index is 4.68. The molecule has 24 heavy (non-hydrogen) atoms. The van der Waals surface area contributed by atoms with E-state index in [0.717, 1.165) is 18.1 Å². The molecule has 0 spiro atoms. The van der Waals surface area contributed by atoms with Crippen molar-refractivity contribution < 1.29 is 0 Å². The zero-order valence-corrected chi connectivity index (χ0v) is 14.4. The van der Waals surface area contributed by atoms with Crippen molar-refractivity contribution >= 4 is 11.5 Å². The van der Waals surface area contributed by atoms with Crippen molar-refractivity contribution in [3.05, 3.63) is 54.2 Å². The summed E-state index contributed by atoms with van der Waals surface area (Å²) in [4.78, 5) is 9.39. The van der Waals surface area contributed by atoms with E-state index in [9.17, 15) is 0 Å². The second kappa shape index (κ2) is 6.91. The third-order valence-electron chi connectivity index (χ3n) is 5.24. The number of rotatable bonds is 4. The highest BCUT2D eigenvalue weighted by molar-refractivity contribution is 5.58. The first-order valence-electron chi connectivity index (χ1n) is 9.00. The Hall–Kier alpha value is -1.91. The molecule has 4 rings (SSSR count). The maximum Gasteiger partial charge on any atom is 0.132 e. The minimum absolute atomic E-state index is 0.689. The van der Waals surface area contributed by atoms with E-state index in [1.165, 1.54) is 37.9 Å². The SMILES string of the molecule is CN(c1ccccc1)c1ccc(CN2CC3CCCC(C2)N3)cn1. The standard InChI is InChI=1S/C20H26N4/c1-23(19-8-3-2-4-9-19)20-11-10-16(12-21-20)13-24-14-17-6-5-7-18(15-24)22-17/h2-4,8-12,17-18,22H,5-7,13-15H2,1H3. The van der Waals surface area contributed by atoms with Crippen LogP contribution in [0.2, 0.25) is 0 Å². The van der Waals surface area contributed by atoms with Gasteiger partial charge >= 0.3 is 0 Å². The Bertz CT molecular complexity index is 643. The van der Waals surface area contributed by atoms with Crippen LogP contribution in [0.1, 0.15) is 24.8 Å². The van der Waals surface area contributed by atoms with Crippen molar-refractivity contribution in [2.24, 2.45) is 0 Å². The Morgan fingerprint density at radius 1 is 1.08 bits per heavy atom. The maximum atomic E-state index is 4.68. The number of hydrogen-bond donors (Lipinski definition) is 1. The molecule has 126 valence electrons. The molecule has 2 unspecified atom stereocenters. The summed E-state index contributed by atoms with van der Waals surface area (Å²) in [6, 6.07) is 16.1. The van der Waals surface area contributed by atoms with Gasteiger partial charge in [0, 0.05) is 50.6 Å². The molecule has 1 aromatic carbocycles. The molecule has 1 N–H and O–H groups in total. The molecule has 0 radical (unpaired) electrons. The van der Waals surface area contributed by atoms with E-state index < -0.39 is 0 Å². The van der Waals surface area contributed by atoms with Crippen LogP contribution in [0.15, 0.2) is 48.7 Å². The lowest BCUT2D eigenvalue weighted by atomic mass is 9.94. The van der Waals surface area contributed by atoms with Crippen LogP contribution in [-0.4, -0.2) is 42.1 Å². The van der Waals surface area contributed by atoms with Crippen LogP contribution in [-0.2, 0) is 6.54 Å². The van der Waals surface area contributed by atoms with E-state index in [0.29, 0.717) is 12.1 Å². The molecule has 2 fully saturated rings. The van der Waals surface area contributed by atoms with Crippen LogP contribution in [0.3, 0.4) is 0 Å².